The summed E-state index contributed by atoms with van der Waals surface area (Å²) in [4.78, 5) is 27.5. The highest BCUT2D eigenvalue weighted by molar-refractivity contribution is 6.30. The molecule has 7 heteroatoms. The molecule has 3 rings (SSSR count). The molecule has 1 saturated heterocycles. The number of hydrogen-bond donors (Lipinski definition) is 2. The normalized spacial score (nSPS) is 16.0. The Morgan fingerprint density at radius 1 is 1.19 bits per heavy atom. The number of likely N-dealkylation sites (tertiary alicyclic amines) is 1. The summed E-state index contributed by atoms with van der Waals surface area (Å²) >= 11 is 5.82. The largest absolute Gasteiger partial charge is 0.350 e. The molecule has 0 aliphatic carbocycles. The van der Waals surface area contributed by atoms with E-state index >= 15 is 0 Å². The van der Waals surface area contributed by atoms with Crippen LogP contribution in [0.5, 0.6) is 0 Å². The van der Waals surface area contributed by atoms with Crippen LogP contribution in [0, 0.1) is 11.7 Å². The zero-order chi connectivity index (χ0) is 22.4. The van der Waals surface area contributed by atoms with Gasteiger partial charge in [-0.3, -0.25) is 14.5 Å². The van der Waals surface area contributed by atoms with Gasteiger partial charge in [0.2, 0.25) is 5.91 Å². The average molecular weight is 446 g/mol. The van der Waals surface area contributed by atoms with Crippen LogP contribution in [0.1, 0.15) is 49.0 Å². The highest BCUT2D eigenvalue weighted by Gasteiger charge is 2.26. The van der Waals surface area contributed by atoms with E-state index in [-0.39, 0.29) is 29.6 Å². The molecule has 0 saturated carbocycles. The molecule has 2 N–H and O–H groups in total. The Morgan fingerprint density at radius 2 is 1.90 bits per heavy atom. The standard InChI is InChI=1S/C24H29ClFN3O2/c1-3-16(2)27-24(31)20-6-4-5-7-22(20)28-23(30)17-10-12-29(13-11-17)15-18-8-9-19(25)14-21(18)26/h4-9,14,16-17H,3,10-13,15H2,1-2H3,(H,27,31)(H,28,30)/t16-/m1/s1. The van der Waals surface area contributed by atoms with E-state index in [1.807, 2.05) is 13.8 Å². The van der Waals surface area contributed by atoms with Crippen molar-refractivity contribution in [3.63, 3.8) is 0 Å². The van der Waals surface area contributed by atoms with E-state index in [4.69, 9.17) is 11.6 Å². The molecule has 5 nitrogen and oxygen atoms in total. The van der Waals surface area contributed by atoms with E-state index in [0.29, 0.717) is 54.3 Å². The van der Waals surface area contributed by atoms with Gasteiger partial charge in [0.25, 0.3) is 5.91 Å². The number of carbonyl (C=O) groups is 2. The van der Waals surface area contributed by atoms with Gasteiger partial charge in [0.05, 0.1) is 11.3 Å². The van der Waals surface area contributed by atoms with Crippen LogP contribution in [0.2, 0.25) is 5.02 Å². The van der Waals surface area contributed by atoms with Crippen LogP contribution >= 0.6 is 11.6 Å². The predicted molar refractivity (Wildman–Crippen MR) is 122 cm³/mol. The molecule has 1 fully saturated rings. The molecule has 1 heterocycles. The first-order chi connectivity index (χ1) is 14.9. The third-order valence-corrected chi connectivity index (χ3v) is 6.02. The number of benzene rings is 2. The van der Waals surface area contributed by atoms with Crippen molar-refractivity contribution in [3.8, 4) is 0 Å². The highest BCUT2D eigenvalue weighted by Crippen LogP contribution is 2.24. The number of para-hydroxylation sites is 1. The lowest BCUT2D eigenvalue weighted by atomic mass is 9.95. The van der Waals surface area contributed by atoms with Gasteiger partial charge in [0.15, 0.2) is 0 Å². The van der Waals surface area contributed by atoms with Crippen molar-refractivity contribution in [2.45, 2.75) is 45.7 Å². The second-order valence-electron chi connectivity index (χ2n) is 8.10. The Kier molecular flexibility index (Phi) is 8.04. The first-order valence-electron chi connectivity index (χ1n) is 10.7. The minimum absolute atomic E-state index is 0.0612. The number of amides is 2. The molecule has 1 atom stereocenters. The number of rotatable bonds is 7. The second kappa shape index (κ2) is 10.7. The maximum absolute atomic E-state index is 14.0. The molecule has 0 radical (unpaired) electrons. The Morgan fingerprint density at radius 3 is 2.58 bits per heavy atom. The van der Waals surface area contributed by atoms with E-state index in [1.54, 1.807) is 36.4 Å². The Hall–Kier alpha value is -2.44. The third kappa shape index (κ3) is 6.28. The zero-order valence-electron chi connectivity index (χ0n) is 18.0. The number of hydrogen-bond acceptors (Lipinski definition) is 3. The molecular formula is C24H29ClFN3O2. The molecule has 2 aromatic rings. The van der Waals surface area contributed by atoms with Crippen molar-refractivity contribution in [2.75, 3.05) is 18.4 Å². The van der Waals surface area contributed by atoms with Gasteiger partial charge < -0.3 is 10.6 Å². The van der Waals surface area contributed by atoms with Crippen LogP contribution in [-0.2, 0) is 11.3 Å². The Balaban J connectivity index is 1.56. The Labute approximate surface area is 188 Å². The molecule has 0 aromatic heterocycles. The van der Waals surface area contributed by atoms with Gasteiger partial charge >= 0.3 is 0 Å². The lowest BCUT2D eigenvalue weighted by molar-refractivity contribution is -0.121. The van der Waals surface area contributed by atoms with Crippen molar-refractivity contribution in [1.82, 2.24) is 10.2 Å². The number of anilines is 1. The first-order valence-corrected chi connectivity index (χ1v) is 11.1. The van der Waals surface area contributed by atoms with Gasteiger partial charge in [-0.15, -0.1) is 0 Å². The third-order valence-electron chi connectivity index (χ3n) is 5.79. The minimum Gasteiger partial charge on any atom is -0.350 e. The van der Waals surface area contributed by atoms with Gasteiger partial charge in [-0.2, -0.15) is 0 Å². The Bertz CT molecular complexity index is 929. The van der Waals surface area contributed by atoms with Crippen LogP contribution < -0.4 is 10.6 Å². The smallest absolute Gasteiger partial charge is 0.253 e. The molecule has 31 heavy (non-hydrogen) atoms. The molecule has 0 unspecified atom stereocenters. The van der Waals surface area contributed by atoms with Crippen LogP contribution in [-0.4, -0.2) is 35.8 Å². The highest BCUT2D eigenvalue weighted by atomic mass is 35.5. The maximum atomic E-state index is 14.0. The van der Waals surface area contributed by atoms with Gasteiger partial charge in [0.1, 0.15) is 5.82 Å². The molecule has 1 aliphatic heterocycles. The number of nitrogens with one attached hydrogen (secondary N) is 2. The number of piperidine rings is 1. The van der Waals surface area contributed by atoms with Gasteiger partial charge in [-0.05, 0) is 63.5 Å². The lowest BCUT2D eigenvalue weighted by Crippen LogP contribution is -2.38. The fourth-order valence-corrected chi connectivity index (χ4v) is 3.83. The van der Waals surface area contributed by atoms with Gasteiger partial charge in [-0.1, -0.05) is 36.7 Å². The summed E-state index contributed by atoms with van der Waals surface area (Å²) in [5.41, 5.74) is 1.60. The summed E-state index contributed by atoms with van der Waals surface area (Å²) in [6.45, 7) is 5.86. The maximum Gasteiger partial charge on any atom is 0.253 e. The van der Waals surface area contributed by atoms with Crippen LogP contribution in [0.4, 0.5) is 10.1 Å². The molecule has 1 aliphatic rings. The quantitative estimate of drug-likeness (QED) is 0.639. The first kappa shape index (κ1) is 23.2. The fraction of sp³-hybridized carbons (Fsp3) is 0.417. The number of carbonyl (C=O) groups excluding carboxylic acids is 2. The molecule has 2 aromatic carbocycles. The van der Waals surface area contributed by atoms with E-state index in [2.05, 4.69) is 15.5 Å². The summed E-state index contributed by atoms with van der Waals surface area (Å²) in [6.07, 6.45) is 2.20. The fourth-order valence-electron chi connectivity index (χ4n) is 3.67. The van der Waals surface area contributed by atoms with E-state index in [0.717, 1.165) is 6.42 Å². The van der Waals surface area contributed by atoms with Gasteiger partial charge in [0, 0.05) is 29.1 Å². The lowest BCUT2D eigenvalue weighted by Gasteiger charge is -2.31. The van der Waals surface area contributed by atoms with Crippen molar-refractivity contribution in [3.05, 3.63) is 64.4 Å². The van der Waals surface area contributed by atoms with Crippen molar-refractivity contribution in [1.29, 1.82) is 0 Å². The molecule has 2 amide bonds. The van der Waals surface area contributed by atoms with Crippen molar-refractivity contribution >= 4 is 29.1 Å². The summed E-state index contributed by atoms with van der Waals surface area (Å²) in [5, 5.41) is 6.26. The van der Waals surface area contributed by atoms with Crippen molar-refractivity contribution < 1.29 is 14.0 Å². The number of halogens is 2. The minimum atomic E-state index is -0.306. The summed E-state index contributed by atoms with van der Waals surface area (Å²) in [5.74, 6) is -0.720. The molecular weight excluding hydrogens is 417 g/mol. The van der Waals surface area contributed by atoms with E-state index in [9.17, 15) is 14.0 Å². The van der Waals surface area contributed by atoms with E-state index in [1.165, 1.54) is 6.07 Å². The molecule has 0 bridgehead atoms. The van der Waals surface area contributed by atoms with Crippen LogP contribution in [0.25, 0.3) is 0 Å². The SMILES string of the molecule is CC[C@@H](C)NC(=O)c1ccccc1NC(=O)C1CCN(Cc2ccc(Cl)cc2F)CC1. The molecule has 0 spiro atoms. The molecule has 166 valence electrons. The number of nitrogens with zero attached hydrogens (tertiary/aromatic N) is 1. The summed E-state index contributed by atoms with van der Waals surface area (Å²) in [7, 11) is 0. The van der Waals surface area contributed by atoms with Crippen molar-refractivity contribution in [2.24, 2.45) is 5.92 Å². The van der Waals surface area contributed by atoms with E-state index < -0.39 is 0 Å². The van der Waals surface area contributed by atoms with Gasteiger partial charge in [-0.25, -0.2) is 4.39 Å². The topological polar surface area (TPSA) is 61.4 Å². The van der Waals surface area contributed by atoms with Crippen LogP contribution in [0.3, 0.4) is 0 Å². The predicted octanol–water partition coefficient (Wildman–Crippen LogP) is 4.86. The summed E-state index contributed by atoms with van der Waals surface area (Å²) < 4.78 is 14.0. The second-order valence-corrected chi connectivity index (χ2v) is 8.54. The monoisotopic (exact) mass is 445 g/mol. The zero-order valence-corrected chi connectivity index (χ0v) is 18.7. The average Bonchev–Trinajstić information content (AvgIpc) is 2.76. The van der Waals surface area contributed by atoms with Crippen LogP contribution in [0.15, 0.2) is 42.5 Å². The summed E-state index contributed by atoms with van der Waals surface area (Å²) in [6, 6.07) is 11.8.